The van der Waals surface area contributed by atoms with Gasteiger partial charge in [-0.2, -0.15) is 0 Å². The molecule has 0 aliphatic rings. The Morgan fingerprint density at radius 2 is 1.87 bits per heavy atom. The van der Waals surface area contributed by atoms with Gasteiger partial charge in [0.05, 0.1) is 0 Å². The van der Waals surface area contributed by atoms with E-state index in [4.69, 9.17) is 15.6 Å². The molecule has 1 atom stereocenters. The van der Waals surface area contributed by atoms with Crippen molar-refractivity contribution in [1.82, 2.24) is 0 Å². The van der Waals surface area contributed by atoms with Crippen molar-refractivity contribution in [1.29, 1.82) is 0 Å². The molecule has 0 rings (SSSR count). The molecular weight excluding hydrogens is 222 g/mol. The highest BCUT2D eigenvalue weighted by Crippen LogP contribution is 2.09. The van der Waals surface area contributed by atoms with E-state index in [1.807, 2.05) is 0 Å². The van der Waals surface area contributed by atoms with Crippen molar-refractivity contribution in [3.05, 3.63) is 0 Å². The van der Waals surface area contributed by atoms with Crippen molar-refractivity contribution >= 4 is 24.3 Å². The molecule has 0 aromatic rings. The molecule has 0 aliphatic carbocycles. The van der Waals surface area contributed by atoms with E-state index in [1.54, 1.807) is 20.8 Å². The summed E-state index contributed by atoms with van der Waals surface area (Å²) >= 11 is 0. The van der Waals surface area contributed by atoms with Crippen LogP contribution in [-0.4, -0.2) is 28.7 Å². The number of hydrogen-bond donors (Lipinski definition) is 2. The topological polar surface area (TPSA) is 89.6 Å². The van der Waals surface area contributed by atoms with Gasteiger partial charge in [0.15, 0.2) is 0 Å². The van der Waals surface area contributed by atoms with Crippen LogP contribution in [0.3, 0.4) is 0 Å². The molecule has 0 bridgehead atoms. The number of aliphatic carboxylic acids is 1. The second-order valence-electron chi connectivity index (χ2n) is 4.07. The summed E-state index contributed by atoms with van der Waals surface area (Å²) in [6.45, 7) is 5.19. The first-order chi connectivity index (χ1) is 6.22. The summed E-state index contributed by atoms with van der Waals surface area (Å²) in [4.78, 5) is 21.4. The fourth-order valence-electron chi connectivity index (χ4n) is 0.774. The van der Waals surface area contributed by atoms with Crippen LogP contribution in [0.15, 0.2) is 0 Å². The maximum atomic E-state index is 11.2. The minimum absolute atomic E-state index is 0. The fraction of sp³-hybridized carbons (Fsp3) is 0.778. The summed E-state index contributed by atoms with van der Waals surface area (Å²) in [5.74, 6) is -1.53. The number of ether oxygens (including phenoxy) is 1. The average Bonchev–Trinajstić information content (AvgIpc) is 1.96. The Morgan fingerprint density at radius 1 is 1.40 bits per heavy atom. The lowest BCUT2D eigenvalue weighted by Crippen LogP contribution is -2.37. The van der Waals surface area contributed by atoms with Gasteiger partial charge in [0, 0.05) is 6.42 Å². The number of nitrogens with two attached hydrogens (primary N) is 1. The molecule has 0 radical (unpaired) electrons. The van der Waals surface area contributed by atoms with Crippen LogP contribution >= 0.6 is 12.4 Å². The molecule has 6 heteroatoms. The Labute approximate surface area is 95.4 Å². The third-order valence-corrected chi connectivity index (χ3v) is 1.38. The van der Waals surface area contributed by atoms with Crippen molar-refractivity contribution in [3.8, 4) is 0 Å². The molecule has 0 aromatic heterocycles. The lowest BCUT2D eigenvalue weighted by atomic mass is 10.1. The molecule has 0 unspecified atom stereocenters. The van der Waals surface area contributed by atoms with Crippen LogP contribution in [0.25, 0.3) is 0 Å². The maximum absolute atomic E-state index is 11.2. The van der Waals surface area contributed by atoms with Crippen LogP contribution < -0.4 is 5.73 Å². The minimum Gasteiger partial charge on any atom is -0.481 e. The largest absolute Gasteiger partial charge is 0.481 e. The number of rotatable bonds is 4. The highest BCUT2D eigenvalue weighted by molar-refractivity contribution is 5.85. The van der Waals surface area contributed by atoms with Crippen LogP contribution in [0.2, 0.25) is 0 Å². The Morgan fingerprint density at radius 3 is 2.20 bits per heavy atom. The van der Waals surface area contributed by atoms with E-state index in [0.29, 0.717) is 0 Å². The molecule has 90 valence electrons. The molecule has 0 saturated heterocycles. The smallest absolute Gasteiger partial charge is 0.323 e. The number of esters is 1. The van der Waals surface area contributed by atoms with E-state index in [2.05, 4.69) is 0 Å². The molecule has 0 heterocycles. The van der Waals surface area contributed by atoms with E-state index in [0.717, 1.165) is 0 Å². The predicted molar refractivity (Wildman–Crippen MR) is 57.9 cm³/mol. The van der Waals surface area contributed by atoms with Gasteiger partial charge in [0.2, 0.25) is 0 Å². The molecule has 3 N–H and O–H groups in total. The highest BCUT2D eigenvalue weighted by Gasteiger charge is 2.22. The third-order valence-electron chi connectivity index (χ3n) is 1.38. The number of carbonyl (C=O) groups excluding carboxylic acids is 1. The summed E-state index contributed by atoms with van der Waals surface area (Å²) in [5, 5.41) is 8.37. The lowest BCUT2D eigenvalue weighted by Gasteiger charge is -2.21. The zero-order chi connectivity index (χ0) is 11.4. The van der Waals surface area contributed by atoms with Crippen molar-refractivity contribution in [2.45, 2.75) is 45.3 Å². The van der Waals surface area contributed by atoms with E-state index in [9.17, 15) is 9.59 Å². The highest BCUT2D eigenvalue weighted by atomic mass is 35.5. The zero-order valence-corrected chi connectivity index (χ0v) is 9.97. The quantitative estimate of drug-likeness (QED) is 0.713. The average molecular weight is 240 g/mol. The van der Waals surface area contributed by atoms with Gasteiger partial charge in [-0.1, -0.05) is 0 Å². The molecular formula is C9H18ClNO4. The van der Waals surface area contributed by atoms with Crippen LogP contribution in [0, 0.1) is 0 Å². The molecule has 15 heavy (non-hydrogen) atoms. The predicted octanol–water partition coefficient (Wildman–Crippen LogP) is 0.942. The number of hydrogen-bond acceptors (Lipinski definition) is 4. The van der Waals surface area contributed by atoms with Crippen molar-refractivity contribution in [3.63, 3.8) is 0 Å². The van der Waals surface area contributed by atoms with Crippen LogP contribution in [0.1, 0.15) is 33.6 Å². The Balaban J connectivity index is 0. The van der Waals surface area contributed by atoms with Gasteiger partial charge in [-0.25, -0.2) is 0 Å². The van der Waals surface area contributed by atoms with Gasteiger partial charge in [-0.15, -0.1) is 12.4 Å². The Hall–Kier alpha value is -0.810. The van der Waals surface area contributed by atoms with E-state index >= 15 is 0 Å². The van der Waals surface area contributed by atoms with E-state index in [1.165, 1.54) is 0 Å². The normalized spacial score (nSPS) is 12.5. The summed E-state index contributed by atoms with van der Waals surface area (Å²) in [6, 6.07) is -0.856. The Bertz CT molecular complexity index is 225. The minimum atomic E-state index is -0.969. The maximum Gasteiger partial charge on any atom is 0.323 e. The van der Waals surface area contributed by atoms with Crippen molar-refractivity contribution < 1.29 is 19.4 Å². The van der Waals surface area contributed by atoms with E-state index in [-0.39, 0.29) is 25.2 Å². The van der Waals surface area contributed by atoms with Crippen LogP contribution in [-0.2, 0) is 14.3 Å². The zero-order valence-electron chi connectivity index (χ0n) is 9.15. The molecule has 0 aliphatic heterocycles. The van der Waals surface area contributed by atoms with Crippen molar-refractivity contribution in [2.24, 2.45) is 5.73 Å². The van der Waals surface area contributed by atoms with Gasteiger partial charge in [-0.05, 0) is 27.2 Å². The van der Waals surface area contributed by atoms with Gasteiger partial charge >= 0.3 is 11.9 Å². The van der Waals surface area contributed by atoms with Crippen LogP contribution in [0.5, 0.6) is 0 Å². The van der Waals surface area contributed by atoms with Gasteiger partial charge in [0.25, 0.3) is 0 Å². The third kappa shape index (κ3) is 9.49. The number of carboxylic acids is 1. The van der Waals surface area contributed by atoms with Crippen LogP contribution in [0.4, 0.5) is 0 Å². The number of carbonyl (C=O) groups is 2. The first kappa shape index (κ1) is 16.6. The first-order valence-corrected chi connectivity index (χ1v) is 4.42. The number of carboxylic acid groups (broad SMARTS) is 1. The lowest BCUT2D eigenvalue weighted by molar-refractivity contribution is -0.156. The summed E-state index contributed by atoms with van der Waals surface area (Å²) < 4.78 is 4.97. The molecule has 0 amide bonds. The second kappa shape index (κ2) is 6.63. The molecule has 0 fully saturated rings. The van der Waals surface area contributed by atoms with Gasteiger partial charge in [0.1, 0.15) is 11.6 Å². The first-order valence-electron chi connectivity index (χ1n) is 4.42. The fourth-order valence-corrected chi connectivity index (χ4v) is 0.774. The molecule has 0 aromatic carbocycles. The summed E-state index contributed by atoms with van der Waals surface area (Å²) in [6.07, 6.45) is -0.0232. The molecule has 5 nitrogen and oxygen atoms in total. The summed E-state index contributed by atoms with van der Waals surface area (Å²) in [5.41, 5.74) is 4.85. The molecule has 0 spiro atoms. The van der Waals surface area contributed by atoms with Crippen molar-refractivity contribution in [2.75, 3.05) is 0 Å². The summed E-state index contributed by atoms with van der Waals surface area (Å²) in [7, 11) is 0. The monoisotopic (exact) mass is 239 g/mol. The van der Waals surface area contributed by atoms with E-state index < -0.39 is 23.6 Å². The standard InChI is InChI=1S/C9H17NO4.ClH/c1-9(2,3)14-8(13)6(10)4-5-7(11)12;/h6H,4-5,10H2,1-3H3,(H,11,12);1H/t6-;/m0./s1. The van der Waals surface area contributed by atoms with Gasteiger partial charge < -0.3 is 15.6 Å². The second-order valence-corrected chi connectivity index (χ2v) is 4.07. The number of halogens is 1. The molecule has 0 saturated carbocycles. The van der Waals surface area contributed by atoms with Gasteiger partial charge in [-0.3, -0.25) is 9.59 Å². The Kier molecular flexibility index (Phi) is 7.35. The SMILES string of the molecule is CC(C)(C)OC(=O)[C@@H](N)CCC(=O)O.Cl.